The Morgan fingerprint density at radius 2 is 1.95 bits per heavy atom. The van der Waals surface area contributed by atoms with Gasteiger partial charge in [-0.25, -0.2) is 0 Å². The summed E-state index contributed by atoms with van der Waals surface area (Å²) in [6.07, 6.45) is 4.73. The third kappa shape index (κ3) is 7.26. The number of nitrogens with one attached hydrogen (secondary N) is 2. The van der Waals surface area contributed by atoms with Crippen molar-refractivity contribution in [3.05, 3.63) is 0 Å². The lowest BCUT2D eigenvalue weighted by atomic mass is 9.79. The average molecular weight is 297 g/mol. The Balaban J connectivity index is 0.00000122. The smallest absolute Gasteiger partial charge is 0.0752 e. The van der Waals surface area contributed by atoms with Gasteiger partial charge in [0.05, 0.1) is 17.6 Å². The van der Waals surface area contributed by atoms with E-state index in [4.69, 9.17) is 4.74 Å². The van der Waals surface area contributed by atoms with Crippen LogP contribution in [0.2, 0.25) is 0 Å². The molecule has 1 aliphatic rings. The van der Waals surface area contributed by atoms with Gasteiger partial charge in [0.25, 0.3) is 0 Å². The molecule has 2 N–H and O–H groups in total. The van der Waals surface area contributed by atoms with Crippen molar-refractivity contribution in [3.8, 4) is 6.07 Å². The standard InChI is InChI=1S/C14H27N3O.C3H8/c1-5-6-7-16-11-9-17-13(8-12(11)18-4)14(2,3)10-15;1-3-2/h11-13,16-17H,5-9H2,1-4H3;3H2,1-2H3. The number of methoxy groups -OCH3 is 1. The number of ether oxygens (including phenoxy) is 1. The maximum absolute atomic E-state index is 9.20. The molecule has 1 rings (SSSR count). The van der Waals surface area contributed by atoms with Crippen LogP contribution >= 0.6 is 0 Å². The topological polar surface area (TPSA) is 57.1 Å². The summed E-state index contributed by atoms with van der Waals surface area (Å²) in [6.45, 7) is 12.3. The molecule has 21 heavy (non-hydrogen) atoms. The lowest BCUT2D eigenvalue weighted by Crippen LogP contribution is -2.59. The van der Waals surface area contributed by atoms with Gasteiger partial charge in [0.15, 0.2) is 0 Å². The second-order valence-corrected chi connectivity index (χ2v) is 6.43. The van der Waals surface area contributed by atoms with Gasteiger partial charge in [-0.3, -0.25) is 0 Å². The molecule has 0 aromatic carbocycles. The van der Waals surface area contributed by atoms with Gasteiger partial charge in [-0.2, -0.15) is 5.26 Å². The van der Waals surface area contributed by atoms with E-state index in [1.54, 1.807) is 7.11 Å². The minimum Gasteiger partial charge on any atom is -0.380 e. The predicted octanol–water partition coefficient (Wildman–Crippen LogP) is 3.09. The van der Waals surface area contributed by atoms with Gasteiger partial charge >= 0.3 is 0 Å². The van der Waals surface area contributed by atoms with E-state index in [1.807, 2.05) is 13.8 Å². The summed E-state index contributed by atoms with van der Waals surface area (Å²) in [5.41, 5.74) is -0.342. The first-order chi connectivity index (χ1) is 9.96. The summed E-state index contributed by atoms with van der Waals surface area (Å²) in [5.74, 6) is 0. The summed E-state index contributed by atoms with van der Waals surface area (Å²) in [6, 6.07) is 2.94. The third-order valence-corrected chi connectivity index (χ3v) is 3.90. The van der Waals surface area contributed by atoms with Crippen molar-refractivity contribution in [2.45, 2.75) is 78.5 Å². The van der Waals surface area contributed by atoms with Crippen molar-refractivity contribution in [1.82, 2.24) is 10.6 Å². The van der Waals surface area contributed by atoms with Gasteiger partial charge in [0.2, 0.25) is 0 Å². The second-order valence-electron chi connectivity index (χ2n) is 6.43. The Labute approximate surface area is 131 Å². The molecule has 124 valence electrons. The summed E-state index contributed by atoms with van der Waals surface area (Å²) in [7, 11) is 1.76. The monoisotopic (exact) mass is 297 g/mol. The molecule has 3 unspecified atom stereocenters. The highest BCUT2D eigenvalue weighted by Gasteiger charge is 2.37. The highest BCUT2D eigenvalue weighted by Crippen LogP contribution is 2.27. The number of hydrogen-bond donors (Lipinski definition) is 2. The van der Waals surface area contributed by atoms with Gasteiger partial charge in [-0.1, -0.05) is 33.6 Å². The van der Waals surface area contributed by atoms with Crippen LogP contribution in [0.25, 0.3) is 0 Å². The van der Waals surface area contributed by atoms with E-state index in [0.717, 1.165) is 19.5 Å². The van der Waals surface area contributed by atoms with E-state index in [2.05, 4.69) is 37.5 Å². The Bertz CT molecular complexity index is 299. The van der Waals surface area contributed by atoms with Crippen LogP contribution in [0.15, 0.2) is 0 Å². The van der Waals surface area contributed by atoms with Crippen molar-refractivity contribution in [3.63, 3.8) is 0 Å². The summed E-state index contributed by atoms with van der Waals surface area (Å²) >= 11 is 0. The van der Waals surface area contributed by atoms with Crippen LogP contribution in [-0.2, 0) is 4.74 Å². The zero-order valence-electron chi connectivity index (χ0n) is 14.8. The molecule has 4 heteroatoms. The highest BCUT2D eigenvalue weighted by atomic mass is 16.5. The van der Waals surface area contributed by atoms with Crippen molar-refractivity contribution < 1.29 is 4.74 Å². The Morgan fingerprint density at radius 1 is 1.33 bits per heavy atom. The average Bonchev–Trinajstić information content (AvgIpc) is 2.48. The first-order valence-electron chi connectivity index (χ1n) is 8.37. The molecule has 0 radical (unpaired) electrons. The molecule has 0 aliphatic carbocycles. The number of hydrogen-bond acceptors (Lipinski definition) is 4. The zero-order valence-corrected chi connectivity index (χ0v) is 14.8. The molecule has 0 amide bonds. The molecular formula is C17H35N3O. The summed E-state index contributed by atoms with van der Waals surface area (Å²) < 4.78 is 5.59. The quantitative estimate of drug-likeness (QED) is 0.740. The normalized spacial score (nSPS) is 25.7. The van der Waals surface area contributed by atoms with Crippen LogP contribution in [-0.4, -0.2) is 38.4 Å². The molecule has 1 heterocycles. The maximum atomic E-state index is 9.20. The van der Waals surface area contributed by atoms with E-state index in [9.17, 15) is 5.26 Å². The largest absolute Gasteiger partial charge is 0.380 e. The fourth-order valence-corrected chi connectivity index (χ4v) is 2.44. The molecule has 0 bridgehead atoms. The van der Waals surface area contributed by atoms with Crippen LogP contribution in [0, 0.1) is 16.7 Å². The van der Waals surface area contributed by atoms with Gasteiger partial charge in [0, 0.05) is 25.7 Å². The molecule has 0 aromatic rings. The van der Waals surface area contributed by atoms with E-state index in [1.165, 1.54) is 19.3 Å². The number of nitriles is 1. The third-order valence-electron chi connectivity index (χ3n) is 3.90. The lowest BCUT2D eigenvalue weighted by Gasteiger charge is -2.41. The molecule has 1 fully saturated rings. The van der Waals surface area contributed by atoms with E-state index in [-0.39, 0.29) is 17.6 Å². The highest BCUT2D eigenvalue weighted by molar-refractivity contribution is 5.04. The van der Waals surface area contributed by atoms with Gasteiger partial charge in [0.1, 0.15) is 0 Å². The Kier molecular flexibility index (Phi) is 10.7. The van der Waals surface area contributed by atoms with Crippen molar-refractivity contribution in [1.29, 1.82) is 5.26 Å². The summed E-state index contributed by atoms with van der Waals surface area (Å²) in [4.78, 5) is 0. The predicted molar refractivity (Wildman–Crippen MR) is 89.3 cm³/mol. The molecular weight excluding hydrogens is 262 g/mol. The molecule has 4 nitrogen and oxygen atoms in total. The van der Waals surface area contributed by atoms with Crippen LogP contribution < -0.4 is 10.6 Å². The van der Waals surface area contributed by atoms with E-state index in [0.29, 0.717) is 6.04 Å². The lowest BCUT2D eigenvalue weighted by molar-refractivity contribution is 0.0214. The van der Waals surface area contributed by atoms with E-state index >= 15 is 0 Å². The van der Waals surface area contributed by atoms with Crippen LogP contribution in [0.4, 0.5) is 0 Å². The molecule has 1 aliphatic heterocycles. The SMILES string of the molecule is CCC.CCCCNC1CNC(C(C)(C)C#N)CC1OC. The molecule has 0 saturated carbocycles. The van der Waals surface area contributed by atoms with Gasteiger partial charge in [-0.05, 0) is 33.2 Å². The van der Waals surface area contributed by atoms with Gasteiger partial charge in [-0.15, -0.1) is 0 Å². The second kappa shape index (κ2) is 11.0. The minimum absolute atomic E-state index is 0.195. The molecule has 0 spiro atoms. The fraction of sp³-hybridized carbons (Fsp3) is 0.941. The number of piperidine rings is 1. The summed E-state index contributed by atoms with van der Waals surface area (Å²) in [5, 5.41) is 16.2. The van der Waals surface area contributed by atoms with Gasteiger partial charge < -0.3 is 15.4 Å². The van der Waals surface area contributed by atoms with Crippen LogP contribution in [0.5, 0.6) is 0 Å². The molecule has 0 aromatic heterocycles. The van der Waals surface area contributed by atoms with Crippen molar-refractivity contribution in [2.75, 3.05) is 20.2 Å². The van der Waals surface area contributed by atoms with Crippen LogP contribution in [0.3, 0.4) is 0 Å². The maximum Gasteiger partial charge on any atom is 0.0752 e. The fourth-order valence-electron chi connectivity index (χ4n) is 2.44. The molecule has 1 saturated heterocycles. The van der Waals surface area contributed by atoms with E-state index < -0.39 is 0 Å². The van der Waals surface area contributed by atoms with Crippen LogP contribution in [0.1, 0.15) is 60.3 Å². The van der Waals surface area contributed by atoms with Crippen molar-refractivity contribution in [2.24, 2.45) is 5.41 Å². The Morgan fingerprint density at radius 3 is 2.43 bits per heavy atom. The number of nitrogens with zero attached hydrogens (tertiary/aromatic N) is 1. The first-order valence-corrected chi connectivity index (χ1v) is 8.37. The molecule has 3 atom stereocenters. The first kappa shape index (κ1) is 20.4. The Hall–Kier alpha value is -0.630. The van der Waals surface area contributed by atoms with Crippen molar-refractivity contribution >= 4 is 0 Å². The number of unbranched alkanes of at least 4 members (excludes halogenated alkanes) is 1. The number of rotatable bonds is 6. The zero-order chi connectivity index (χ0) is 16.3. The minimum atomic E-state index is -0.342.